The molecule has 0 aromatic carbocycles. The molecule has 2 aliphatic rings. The smallest absolute Gasteiger partial charge is 0.0596 e. The third kappa shape index (κ3) is 1.26. The fourth-order valence-electron chi connectivity index (χ4n) is 2.89. The van der Waals surface area contributed by atoms with Crippen LogP contribution < -0.4 is 0 Å². The zero-order chi connectivity index (χ0) is 9.47. The number of nitrogens with zero attached hydrogens (tertiary/aromatic N) is 1. The Balaban J connectivity index is 2.16. The van der Waals surface area contributed by atoms with Crippen molar-refractivity contribution in [3.63, 3.8) is 0 Å². The van der Waals surface area contributed by atoms with E-state index in [2.05, 4.69) is 12.1 Å². The Morgan fingerprint density at radius 3 is 2.92 bits per heavy atom. The van der Waals surface area contributed by atoms with E-state index in [1.165, 1.54) is 0 Å². The van der Waals surface area contributed by atoms with Crippen LogP contribution in [0.15, 0.2) is 5.16 Å². The molecule has 13 heavy (non-hydrogen) atoms. The molecule has 0 unspecified atom stereocenters. The number of rotatable bonds is 0. The average Bonchev–Trinajstić information content (AvgIpc) is 2.43. The topological polar surface area (TPSA) is 52.8 Å². The number of aliphatic hydroxyl groups is 1. The third-order valence-corrected chi connectivity index (χ3v) is 4.06. The fourth-order valence-corrected chi connectivity index (χ4v) is 2.89. The molecule has 2 saturated carbocycles. The molecule has 2 aliphatic carbocycles. The van der Waals surface area contributed by atoms with Gasteiger partial charge in [-0.05, 0) is 43.4 Å². The van der Waals surface area contributed by atoms with E-state index in [1.54, 1.807) is 0 Å². The van der Waals surface area contributed by atoms with Crippen LogP contribution in [0.3, 0.4) is 0 Å². The van der Waals surface area contributed by atoms with E-state index in [0.717, 1.165) is 37.8 Å². The summed E-state index contributed by atoms with van der Waals surface area (Å²) in [7, 11) is 0. The first kappa shape index (κ1) is 9.00. The Labute approximate surface area is 78.4 Å². The van der Waals surface area contributed by atoms with Gasteiger partial charge in [0.05, 0.1) is 11.8 Å². The van der Waals surface area contributed by atoms with Crippen molar-refractivity contribution in [3.8, 4) is 0 Å². The molecule has 0 saturated heterocycles. The molecule has 0 aliphatic heterocycles. The summed E-state index contributed by atoms with van der Waals surface area (Å²) >= 11 is 0. The van der Waals surface area contributed by atoms with E-state index in [4.69, 9.17) is 5.21 Å². The van der Waals surface area contributed by atoms with Gasteiger partial charge in [-0.15, -0.1) is 0 Å². The summed E-state index contributed by atoms with van der Waals surface area (Å²) < 4.78 is 0. The molecule has 3 atom stereocenters. The van der Waals surface area contributed by atoms with E-state index in [1.807, 2.05) is 0 Å². The van der Waals surface area contributed by atoms with E-state index in [-0.39, 0.29) is 11.5 Å². The van der Waals surface area contributed by atoms with Crippen LogP contribution in [0.4, 0.5) is 0 Å². The van der Waals surface area contributed by atoms with Crippen LogP contribution in [0.5, 0.6) is 0 Å². The van der Waals surface area contributed by atoms with Gasteiger partial charge in [0, 0.05) is 0 Å². The molecule has 0 radical (unpaired) electrons. The minimum absolute atomic E-state index is 0.0915. The van der Waals surface area contributed by atoms with E-state index < -0.39 is 0 Å². The van der Waals surface area contributed by atoms with Gasteiger partial charge in [0.2, 0.25) is 0 Å². The highest BCUT2D eigenvalue weighted by Gasteiger charge is 2.48. The lowest BCUT2D eigenvalue weighted by Gasteiger charge is -2.38. The number of hydrogen-bond acceptors (Lipinski definition) is 3. The van der Waals surface area contributed by atoms with Gasteiger partial charge in [-0.25, -0.2) is 0 Å². The molecule has 3 nitrogen and oxygen atoms in total. The summed E-state index contributed by atoms with van der Waals surface area (Å²) in [5.74, 6) is 0.530. The van der Waals surface area contributed by atoms with Crippen LogP contribution in [0.2, 0.25) is 0 Å². The fraction of sp³-hybridized carbons (Fsp3) is 0.900. The largest absolute Gasteiger partial charge is 0.411 e. The summed E-state index contributed by atoms with van der Waals surface area (Å²) in [6, 6.07) is 0. The maximum atomic E-state index is 9.84. The van der Waals surface area contributed by atoms with Gasteiger partial charge in [0.25, 0.3) is 0 Å². The maximum absolute atomic E-state index is 9.84. The summed E-state index contributed by atoms with van der Waals surface area (Å²) in [5, 5.41) is 21.8. The number of oxime groups is 1. The van der Waals surface area contributed by atoms with Crippen molar-refractivity contribution >= 4 is 5.71 Å². The third-order valence-electron chi connectivity index (χ3n) is 4.06. The molecular formula is C10H17NO2. The van der Waals surface area contributed by atoms with Crippen molar-refractivity contribution < 1.29 is 10.3 Å². The second-order valence-corrected chi connectivity index (χ2v) is 4.67. The quantitative estimate of drug-likeness (QED) is 0.444. The summed E-state index contributed by atoms with van der Waals surface area (Å²) in [4.78, 5) is 0. The van der Waals surface area contributed by atoms with Gasteiger partial charge in [-0.2, -0.15) is 0 Å². The minimum Gasteiger partial charge on any atom is -0.411 e. The second kappa shape index (κ2) is 2.98. The molecule has 3 heteroatoms. The summed E-state index contributed by atoms with van der Waals surface area (Å²) in [6.45, 7) is 2.17. The van der Waals surface area contributed by atoms with Crippen LogP contribution in [0, 0.1) is 11.3 Å². The first-order valence-corrected chi connectivity index (χ1v) is 5.04. The molecular weight excluding hydrogens is 166 g/mol. The normalized spacial score (nSPS) is 48.0. The lowest BCUT2D eigenvalue weighted by atomic mass is 9.68. The predicted molar refractivity (Wildman–Crippen MR) is 49.9 cm³/mol. The monoisotopic (exact) mass is 183 g/mol. The Morgan fingerprint density at radius 2 is 2.23 bits per heavy atom. The lowest BCUT2D eigenvalue weighted by Crippen LogP contribution is -2.37. The highest BCUT2D eigenvalue weighted by molar-refractivity contribution is 5.85. The average molecular weight is 183 g/mol. The SMILES string of the molecule is C[C@]12CC/C(=N\O)C[C@@H]1CC[C@@H]2O. The van der Waals surface area contributed by atoms with Gasteiger partial charge < -0.3 is 10.3 Å². The van der Waals surface area contributed by atoms with Gasteiger partial charge in [-0.3, -0.25) is 0 Å². The summed E-state index contributed by atoms with van der Waals surface area (Å²) in [6.07, 6.45) is 4.55. The molecule has 0 amide bonds. The van der Waals surface area contributed by atoms with Crippen molar-refractivity contribution in [2.75, 3.05) is 0 Å². The number of fused-ring (bicyclic) bond motifs is 1. The molecule has 0 aromatic heterocycles. The minimum atomic E-state index is -0.141. The van der Waals surface area contributed by atoms with Crippen LogP contribution in [-0.4, -0.2) is 22.1 Å². The van der Waals surface area contributed by atoms with Crippen LogP contribution >= 0.6 is 0 Å². The molecule has 74 valence electrons. The Kier molecular flexibility index (Phi) is 2.06. The Hall–Kier alpha value is -0.570. The van der Waals surface area contributed by atoms with E-state index in [9.17, 15) is 5.11 Å². The van der Waals surface area contributed by atoms with Crippen LogP contribution in [0.25, 0.3) is 0 Å². The molecule has 0 bridgehead atoms. The van der Waals surface area contributed by atoms with Crippen molar-refractivity contribution in [3.05, 3.63) is 0 Å². The standard InChI is InChI=1S/C10H17NO2/c1-10-5-4-8(11-13)6-7(10)2-3-9(10)12/h7,9,12-13H,2-6H2,1H3/b11-8+/t7-,9-,10-/m0/s1. The van der Waals surface area contributed by atoms with E-state index in [0.29, 0.717) is 5.92 Å². The molecule has 0 aromatic rings. The first-order chi connectivity index (χ1) is 6.16. The molecule has 2 rings (SSSR count). The van der Waals surface area contributed by atoms with Crippen molar-refractivity contribution in [1.29, 1.82) is 0 Å². The van der Waals surface area contributed by atoms with Gasteiger partial charge in [0.15, 0.2) is 0 Å². The van der Waals surface area contributed by atoms with Crippen molar-refractivity contribution in [1.82, 2.24) is 0 Å². The second-order valence-electron chi connectivity index (χ2n) is 4.67. The first-order valence-electron chi connectivity index (χ1n) is 5.04. The molecule has 2 N–H and O–H groups in total. The van der Waals surface area contributed by atoms with Gasteiger partial charge >= 0.3 is 0 Å². The lowest BCUT2D eigenvalue weighted by molar-refractivity contribution is 0.0295. The number of hydrogen-bond donors (Lipinski definition) is 2. The summed E-state index contributed by atoms with van der Waals surface area (Å²) in [5.41, 5.74) is 1.00. The van der Waals surface area contributed by atoms with Crippen LogP contribution in [-0.2, 0) is 0 Å². The van der Waals surface area contributed by atoms with Crippen LogP contribution in [0.1, 0.15) is 39.0 Å². The van der Waals surface area contributed by atoms with E-state index >= 15 is 0 Å². The highest BCUT2D eigenvalue weighted by Crippen LogP contribution is 2.51. The van der Waals surface area contributed by atoms with Crippen molar-refractivity contribution in [2.24, 2.45) is 16.5 Å². The molecule has 2 fully saturated rings. The zero-order valence-corrected chi connectivity index (χ0v) is 8.03. The Morgan fingerprint density at radius 1 is 1.46 bits per heavy atom. The highest BCUT2D eigenvalue weighted by atomic mass is 16.4. The predicted octanol–water partition coefficient (Wildman–Crippen LogP) is 1.78. The molecule has 0 heterocycles. The van der Waals surface area contributed by atoms with Crippen molar-refractivity contribution in [2.45, 2.75) is 45.1 Å². The van der Waals surface area contributed by atoms with Gasteiger partial charge in [-0.1, -0.05) is 12.1 Å². The molecule has 0 spiro atoms. The number of aliphatic hydroxyl groups excluding tert-OH is 1. The zero-order valence-electron chi connectivity index (χ0n) is 8.03. The van der Waals surface area contributed by atoms with Gasteiger partial charge in [0.1, 0.15) is 0 Å². The Bertz CT molecular complexity index is 239. The maximum Gasteiger partial charge on any atom is 0.0596 e.